The van der Waals surface area contributed by atoms with Crippen molar-refractivity contribution in [2.24, 2.45) is 0 Å². The summed E-state index contributed by atoms with van der Waals surface area (Å²) in [7, 11) is 0. The molecule has 0 radical (unpaired) electrons. The van der Waals surface area contributed by atoms with Crippen LogP contribution in [0.1, 0.15) is 26.0 Å². The van der Waals surface area contributed by atoms with Crippen molar-refractivity contribution in [2.45, 2.75) is 32.7 Å². The van der Waals surface area contributed by atoms with Gasteiger partial charge in [0, 0.05) is 30.0 Å². The fourth-order valence-electron chi connectivity index (χ4n) is 1.82. The van der Waals surface area contributed by atoms with E-state index in [1.54, 1.807) is 11.3 Å². The summed E-state index contributed by atoms with van der Waals surface area (Å²) in [6.07, 6.45) is 1.68. The lowest BCUT2D eigenvalue weighted by atomic mass is 10.2. The number of aromatic nitrogens is 1. The van der Waals surface area contributed by atoms with Gasteiger partial charge in [0.2, 0.25) is 0 Å². The van der Waals surface area contributed by atoms with Crippen LogP contribution in [0, 0.1) is 0 Å². The van der Waals surface area contributed by atoms with Crippen molar-refractivity contribution in [3.63, 3.8) is 0 Å². The Morgan fingerprint density at radius 3 is 2.81 bits per heavy atom. The second kappa shape index (κ2) is 7.78. The lowest BCUT2D eigenvalue weighted by molar-refractivity contribution is 0.237. The predicted octanol–water partition coefficient (Wildman–Crippen LogP) is 3.45. The lowest BCUT2D eigenvalue weighted by Crippen LogP contribution is -2.41. The molecular weight excluding hydrogens is 282 g/mol. The van der Waals surface area contributed by atoms with Crippen LogP contribution in [0.2, 0.25) is 0 Å². The molecule has 2 aromatic rings. The van der Waals surface area contributed by atoms with E-state index in [0.29, 0.717) is 6.54 Å². The van der Waals surface area contributed by atoms with Crippen LogP contribution in [0.15, 0.2) is 35.7 Å². The molecule has 0 spiro atoms. The first-order chi connectivity index (χ1) is 10.2. The number of nitrogens with zero attached hydrogens (tertiary/aromatic N) is 1. The topological polar surface area (TPSA) is 54.0 Å². The zero-order valence-corrected chi connectivity index (χ0v) is 13.2. The number of benzene rings is 1. The third-order valence-corrected chi connectivity index (χ3v) is 4.17. The number of nitrogens with one attached hydrogen (secondary N) is 2. The number of amides is 2. The first-order valence-corrected chi connectivity index (χ1v) is 8.11. The van der Waals surface area contributed by atoms with Gasteiger partial charge in [-0.05, 0) is 13.3 Å². The van der Waals surface area contributed by atoms with Crippen LogP contribution >= 0.6 is 11.3 Å². The third kappa shape index (κ3) is 4.86. The van der Waals surface area contributed by atoms with Crippen molar-refractivity contribution in [1.29, 1.82) is 0 Å². The second-order valence-electron chi connectivity index (χ2n) is 4.97. The van der Waals surface area contributed by atoms with Crippen molar-refractivity contribution in [3.8, 4) is 10.6 Å². The van der Waals surface area contributed by atoms with Gasteiger partial charge in [0.1, 0.15) is 5.01 Å². The fraction of sp³-hybridized carbons (Fsp3) is 0.375. The van der Waals surface area contributed by atoms with Crippen LogP contribution in [0.25, 0.3) is 10.6 Å². The minimum Gasteiger partial charge on any atom is -0.338 e. The number of thiazole rings is 1. The van der Waals surface area contributed by atoms with Crippen molar-refractivity contribution in [2.75, 3.05) is 6.54 Å². The molecule has 21 heavy (non-hydrogen) atoms. The van der Waals surface area contributed by atoms with Crippen LogP contribution in [-0.4, -0.2) is 23.6 Å². The Bertz CT molecular complexity index is 568. The molecule has 1 atom stereocenters. The SMILES string of the molecule is CCC(C)NC(=O)NCCc1csc(-c2ccccc2)n1. The monoisotopic (exact) mass is 303 g/mol. The van der Waals surface area contributed by atoms with Gasteiger partial charge in [-0.2, -0.15) is 0 Å². The second-order valence-corrected chi connectivity index (χ2v) is 5.83. The molecule has 112 valence electrons. The predicted molar refractivity (Wildman–Crippen MR) is 87.5 cm³/mol. The molecule has 0 bridgehead atoms. The van der Waals surface area contributed by atoms with Crippen molar-refractivity contribution >= 4 is 17.4 Å². The van der Waals surface area contributed by atoms with E-state index in [0.717, 1.165) is 29.1 Å². The number of carbonyl (C=O) groups excluding carboxylic acids is 1. The summed E-state index contributed by atoms with van der Waals surface area (Å²) >= 11 is 1.64. The van der Waals surface area contributed by atoms with E-state index in [9.17, 15) is 4.79 Å². The van der Waals surface area contributed by atoms with Crippen LogP contribution in [0.5, 0.6) is 0 Å². The molecule has 0 saturated heterocycles. The average molecular weight is 303 g/mol. The van der Waals surface area contributed by atoms with Gasteiger partial charge < -0.3 is 10.6 Å². The standard InChI is InChI=1S/C16H21N3OS/c1-3-12(2)18-16(20)17-10-9-14-11-21-15(19-14)13-7-5-4-6-8-13/h4-8,11-12H,3,9-10H2,1-2H3,(H2,17,18,20). The van der Waals surface area contributed by atoms with Gasteiger partial charge in [-0.25, -0.2) is 9.78 Å². The molecule has 0 fully saturated rings. The van der Waals surface area contributed by atoms with E-state index in [-0.39, 0.29) is 12.1 Å². The van der Waals surface area contributed by atoms with E-state index in [1.807, 2.05) is 32.0 Å². The summed E-state index contributed by atoms with van der Waals surface area (Å²) in [4.78, 5) is 16.2. The number of rotatable bonds is 6. The maximum atomic E-state index is 11.6. The van der Waals surface area contributed by atoms with Crippen LogP contribution in [-0.2, 0) is 6.42 Å². The number of carbonyl (C=O) groups is 1. The molecule has 1 aromatic heterocycles. The average Bonchev–Trinajstić information content (AvgIpc) is 2.97. The highest BCUT2D eigenvalue weighted by atomic mass is 32.1. The minimum absolute atomic E-state index is 0.108. The number of urea groups is 1. The van der Waals surface area contributed by atoms with E-state index >= 15 is 0 Å². The highest BCUT2D eigenvalue weighted by Crippen LogP contribution is 2.23. The summed E-state index contributed by atoms with van der Waals surface area (Å²) in [5, 5.41) is 8.81. The Labute approximate surface area is 129 Å². The quantitative estimate of drug-likeness (QED) is 0.859. The molecule has 0 aliphatic carbocycles. The van der Waals surface area contributed by atoms with Gasteiger partial charge in [0.05, 0.1) is 5.69 Å². The highest BCUT2D eigenvalue weighted by Gasteiger charge is 2.06. The van der Waals surface area contributed by atoms with Crippen LogP contribution < -0.4 is 10.6 Å². The first-order valence-electron chi connectivity index (χ1n) is 7.23. The molecule has 4 nitrogen and oxygen atoms in total. The Kier molecular flexibility index (Phi) is 5.75. The molecule has 0 saturated carbocycles. The molecule has 5 heteroatoms. The number of hydrogen-bond donors (Lipinski definition) is 2. The van der Waals surface area contributed by atoms with Gasteiger partial charge in [0.15, 0.2) is 0 Å². The highest BCUT2D eigenvalue weighted by molar-refractivity contribution is 7.13. The minimum atomic E-state index is -0.108. The zero-order chi connectivity index (χ0) is 15.1. The fourth-order valence-corrected chi connectivity index (χ4v) is 2.68. The number of hydrogen-bond acceptors (Lipinski definition) is 3. The lowest BCUT2D eigenvalue weighted by Gasteiger charge is -2.11. The molecule has 2 rings (SSSR count). The molecular formula is C16H21N3OS. The van der Waals surface area contributed by atoms with Crippen molar-refractivity contribution in [3.05, 3.63) is 41.4 Å². The van der Waals surface area contributed by atoms with E-state index in [2.05, 4.69) is 33.1 Å². The molecule has 1 heterocycles. The van der Waals surface area contributed by atoms with Crippen LogP contribution in [0.3, 0.4) is 0 Å². The van der Waals surface area contributed by atoms with E-state index < -0.39 is 0 Å². The Balaban J connectivity index is 1.80. The van der Waals surface area contributed by atoms with E-state index in [1.165, 1.54) is 0 Å². The maximum absolute atomic E-state index is 11.6. The van der Waals surface area contributed by atoms with Crippen LogP contribution in [0.4, 0.5) is 4.79 Å². The van der Waals surface area contributed by atoms with Crippen molar-refractivity contribution < 1.29 is 4.79 Å². The Morgan fingerprint density at radius 1 is 1.33 bits per heavy atom. The Hall–Kier alpha value is -1.88. The van der Waals surface area contributed by atoms with Crippen molar-refractivity contribution in [1.82, 2.24) is 15.6 Å². The largest absolute Gasteiger partial charge is 0.338 e. The maximum Gasteiger partial charge on any atom is 0.315 e. The van der Waals surface area contributed by atoms with E-state index in [4.69, 9.17) is 0 Å². The van der Waals surface area contributed by atoms with Gasteiger partial charge in [-0.15, -0.1) is 11.3 Å². The normalized spacial score (nSPS) is 11.9. The van der Waals surface area contributed by atoms with Gasteiger partial charge in [-0.1, -0.05) is 37.3 Å². The smallest absolute Gasteiger partial charge is 0.315 e. The summed E-state index contributed by atoms with van der Waals surface area (Å²) < 4.78 is 0. The summed E-state index contributed by atoms with van der Waals surface area (Å²) in [5.41, 5.74) is 2.15. The third-order valence-electron chi connectivity index (χ3n) is 3.23. The van der Waals surface area contributed by atoms with Gasteiger partial charge >= 0.3 is 6.03 Å². The molecule has 0 aliphatic heterocycles. The molecule has 1 unspecified atom stereocenters. The van der Waals surface area contributed by atoms with Gasteiger partial charge in [-0.3, -0.25) is 0 Å². The van der Waals surface area contributed by atoms with Gasteiger partial charge in [0.25, 0.3) is 0 Å². The summed E-state index contributed by atoms with van der Waals surface area (Å²) in [6, 6.07) is 10.2. The molecule has 0 aliphatic rings. The molecule has 1 aromatic carbocycles. The molecule has 2 N–H and O–H groups in total. The summed E-state index contributed by atoms with van der Waals surface area (Å²) in [6.45, 7) is 4.64. The first kappa shape index (κ1) is 15.5. The summed E-state index contributed by atoms with van der Waals surface area (Å²) in [5.74, 6) is 0. The zero-order valence-electron chi connectivity index (χ0n) is 12.4. The Morgan fingerprint density at radius 2 is 2.10 bits per heavy atom. The molecule has 2 amide bonds.